The fraction of sp³-hybridized carbons (Fsp3) is 1.00. The molecule has 0 unspecified atom stereocenters. The minimum absolute atomic E-state index is 0. The predicted octanol–water partition coefficient (Wildman–Crippen LogP) is 1.99. The highest BCUT2D eigenvalue weighted by Crippen LogP contribution is 2.10. The summed E-state index contributed by atoms with van der Waals surface area (Å²) in [6.45, 7) is 4.94. The van der Waals surface area contributed by atoms with Crippen LogP contribution in [0.5, 0.6) is 0 Å². The molecule has 0 aliphatic heterocycles. The van der Waals surface area contributed by atoms with E-state index in [-0.39, 0.29) is 12.4 Å². The molecule has 0 N–H and O–H groups in total. The highest BCUT2D eigenvalue weighted by Gasteiger charge is 2.12. The molecule has 3 heteroatoms. The molecule has 18 heavy (non-hydrogen) atoms. The van der Waals surface area contributed by atoms with Crippen molar-refractivity contribution in [2.75, 3.05) is 32.5 Å². The molecular weight excluding hydrogens is 310 g/mol. The molecule has 0 aliphatic rings. The number of hydrogen-bond acceptors (Lipinski definition) is 0. The average molecular weight is 343 g/mol. The first-order chi connectivity index (χ1) is 8.12. The van der Waals surface area contributed by atoms with Gasteiger partial charge >= 0.3 is 0 Å². The number of halogens is 2. The zero-order valence-corrected chi connectivity index (χ0v) is 15.0. The second kappa shape index (κ2) is 14.1. The molecule has 0 atom stereocenters. The van der Waals surface area contributed by atoms with E-state index in [4.69, 9.17) is 0 Å². The lowest BCUT2D eigenvalue weighted by Gasteiger charge is -2.29. The van der Waals surface area contributed by atoms with Crippen molar-refractivity contribution in [3.05, 3.63) is 0 Å². The maximum atomic E-state index is 3.51. The molecule has 0 saturated carbocycles. The lowest BCUT2D eigenvalue weighted by atomic mass is 10.1. The van der Waals surface area contributed by atoms with E-state index in [1.165, 1.54) is 75.4 Å². The van der Waals surface area contributed by atoms with Crippen molar-refractivity contribution in [3.8, 4) is 0 Å². The number of rotatable bonds is 12. The number of hydrogen-bond donors (Lipinski definition) is 0. The second-order valence-corrected chi connectivity index (χ2v) is 6.69. The highest BCUT2D eigenvalue weighted by atomic mass is 79.9. The van der Waals surface area contributed by atoms with Crippen LogP contribution in [0.3, 0.4) is 0 Å². The van der Waals surface area contributed by atoms with E-state index in [1.807, 2.05) is 0 Å². The molecule has 0 aromatic carbocycles. The average Bonchev–Trinajstić information content (AvgIpc) is 2.30. The largest absolute Gasteiger partial charge is 1.00 e. The van der Waals surface area contributed by atoms with Crippen LogP contribution in [0.15, 0.2) is 0 Å². The summed E-state index contributed by atoms with van der Waals surface area (Å²) in [6, 6.07) is 0. The molecular formula is C15H33BrClN. The zero-order chi connectivity index (χ0) is 13.0. The minimum Gasteiger partial charge on any atom is -1.00 e. The molecule has 0 fully saturated rings. The van der Waals surface area contributed by atoms with Gasteiger partial charge in [0.1, 0.15) is 0 Å². The molecule has 0 aromatic rings. The van der Waals surface area contributed by atoms with Gasteiger partial charge in [-0.2, -0.15) is 0 Å². The Kier molecular flexibility index (Phi) is 16.5. The number of unbranched alkanes of at least 4 members (excludes halogenated alkanes) is 7. The van der Waals surface area contributed by atoms with Crippen molar-refractivity contribution in [2.45, 2.75) is 64.7 Å². The maximum absolute atomic E-state index is 3.51. The number of alkyl halides is 1. The van der Waals surface area contributed by atoms with Crippen molar-refractivity contribution < 1.29 is 16.9 Å². The summed E-state index contributed by atoms with van der Waals surface area (Å²) in [5.74, 6) is 0. The van der Waals surface area contributed by atoms with Crippen LogP contribution in [0.4, 0.5) is 0 Å². The van der Waals surface area contributed by atoms with Crippen molar-refractivity contribution in [1.82, 2.24) is 0 Å². The van der Waals surface area contributed by atoms with Gasteiger partial charge in [0, 0.05) is 11.8 Å². The lowest BCUT2D eigenvalue weighted by molar-refractivity contribution is -0.890. The summed E-state index contributed by atoms with van der Waals surface area (Å²) in [4.78, 5) is 0. The third-order valence-electron chi connectivity index (χ3n) is 3.51. The van der Waals surface area contributed by atoms with Gasteiger partial charge in [-0.25, -0.2) is 0 Å². The molecule has 0 spiro atoms. The monoisotopic (exact) mass is 341 g/mol. The Hall–Kier alpha value is 0.730. The Labute approximate surface area is 130 Å². The third kappa shape index (κ3) is 14.8. The minimum atomic E-state index is 0. The van der Waals surface area contributed by atoms with Crippen molar-refractivity contribution in [1.29, 1.82) is 0 Å². The molecule has 0 saturated heterocycles. The summed E-state index contributed by atoms with van der Waals surface area (Å²) >= 11 is 3.51. The summed E-state index contributed by atoms with van der Waals surface area (Å²) < 4.78 is 1.20. The van der Waals surface area contributed by atoms with Gasteiger partial charge in [0.25, 0.3) is 0 Å². The first-order valence-corrected chi connectivity index (χ1v) is 8.62. The van der Waals surface area contributed by atoms with Crippen LogP contribution < -0.4 is 12.4 Å². The van der Waals surface area contributed by atoms with E-state index in [9.17, 15) is 0 Å². The van der Waals surface area contributed by atoms with Crippen molar-refractivity contribution in [2.24, 2.45) is 0 Å². The SMILES string of the molecule is CCCCCCCCCC[N+](C)(C)CCCBr.[Cl-]. The standard InChI is InChI=1S/C15H33BrN.ClH/c1-4-5-6-7-8-9-10-11-14-17(2,3)15-12-13-16;/h4-15H2,1-3H3;1H/q+1;/p-1. The van der Waals surface area contributed by atoms with Gasteiger partial charge in [-0.15, -0.1) is 0 Å². The summed E-state index contributed by atoms with van der Waals surface area (Å²) in [5.41, 5.74) is 0. The molecule has 0 rings (SSSR count). The topological polar surface area (TPSA) is 0 Å². The summed E-state index contributed by atoms with van der Waals surface area (Å²) in [7, 11) is 4.73. The Morgan fingerprint density at radius 1 is 0.722 bits per heavy atom. The Bertz CT molecular complexity index is 163. The van der Waals surface area contributed by atoms with Gasteiger partial charge in [0.05, 0.1) is 27.2 Å². The molecule has 0 amide bonds. The zero-order valence-electron chi connectivity index (χ0n) is 12.7. The van der Waals surface area contributed by atoms with Gasteiger partial charge in [-0.05, 0) is 12.8 Å². The van der Waals surface area contributed by atoms with E-state index >= 15 is 0 Å². The van der Waals surface area contributed by atoms with Crippen molar-refractivity contribution >= 4 is 15.9 Å². The molecule has 1 nitrogen and oxygen atoms in total. The van der Waals surface area contributed by atoms with Crippen LogP contribution in [0, 0.1) is 0 Å². The molecule has 0 bridgehead atoms. The van der Waals surface area contributed by atoms with E-state index < -0.39 is 0 Å². The van der Waals surface area contributed by atoms with Crippen LogP contribution in [-0.4, -0.2) is 37.0 Å². The van der Waals surface area contributed by atoms with E-state index in [0.717, 1.165) is 5.33 Å². The fourth-order valence-corrected chi connectivity index (χ4v) is 2.52. The van der Waals surface area contributed by atoms with Crippen LogP contribution >= 0.6 is 15.9 Å². The molecule has 0 heterocycles. The van der Waals surface area contributed by atoms with Gasteiger partial charge < -0.3 is 16.9 Å². The van der Waals surface area contributed by atoms with Crippen LogP contribution in [0.1, 0.15) is 64.7 Å². The first-order valence-electron chi connectivity index (χ1n) is 7.50. The summed E-state index contributed by atoms with van der Waals surface area (Å²) in [5, 5.41) is 1.14. The molecule has 0 radical (unpaired) electrons. The lowest BCUT2D eigenvalue weighted by Crippen LogP contribution is -3.00. The highest BCUT2D eigenvalue weighted by molar-refractivity contribution is 9.09. The maximum Gasteiger partial charge on any atom is 0.0790 e. The van der Waals surface area contributed by atoms with Gasteiger partial charge in [-0.3, -0.25) is 0 Å². The van der Waals surface area contributed by atoms with Gasteiger partial charge in [0.15, 0.2) is 0 Å². The van der Waals surface area contributed by atoms with Gasteiger partial charge in [0.2, 0.25) is 0 Å². The number of nitrogens with zero attached hydrogens (tertiary/aromatic N) is 1. The first kappa shape index (κ1) is 21.0. The van der Waals surface area contributed by atoms with Crippen LogP contribution in [0.25, 0.3) is 0 Å². The van der Waals surface area contributed by atoms with Crippen molar-refractivity contribution in [3.63, 3.8) is 0 Å². The fourth-order valence-electron chi connectivity index (χ4n) is 2.27. The van der Waals surface area contributed by atoms with Gasteiger partial charge in [-0.1, -0.05) is 61.4 Å². The quantitative estimate of drug-likeness (QED) is 0.289. The molecule has 112 valence electrons. The normalized spacial score (nSPS) is 11.3. The van der Waals surface area contributed by atoms with E-state index in [1.54, 1.807) is 0 Å². The number of quaternary nitrogens is 1. The third-order valence-corrected chi connectivity index (χ3v) is 4.07. The molecule has 0 aliphatic carbocycles. The Balaban J connectivity index is 0. The Morgan fingerprint density at radius 3 is 1.67 bits per heavy atom. The molecule has 0 aromatic heterocycles. The van der Waals surface area contributed by atoms with E-state index in [2.05, 4.69) is 36.9 Å². The van der Waals surface area contributed by atoms with Crippen LogP contribution in [-0.2, 0) is 0 Å². The van der Waals surface area contributed by atoms with E-state index in [0.29, 0.717) is 0 Å². The second-order valence-electron chi connectivity index (χ2n) is 5.90. The Morgan fingerprint density at radius 2 is 1.17 bits per heavy atom. The predicted molar refractivity (Wildman–Crippen MR) is 82.9 cm³/mol. The van der Waals surface area contributed by atoms with Crippen LogP contribution in [0.2, 0.25) is 0 Å². The smallest absolute Gasteiger partial charge is 0.0790 e. The summed E-state index contributed by atoms with van der Waals surface area (Å²) in [6.07, 6.45) is 12.7.